The van der Waals surface area contributed by atoms with Crippen molar-refractivity contribution in [3.05, 3.63) is 71.0 Å². The van der Waals surface area contributed by atoms with Crippen molar-refractivity contribution in [1.82, 2.24) is 0 Å². The summed E-state index contributed by atoms with van der Waals surface area (Å²) in [4.78, 5) is 0. The maximum absolute atomic E-state index is 13.6. The van der Waals surface area contributed by atoms with Crippen molar-refractivity contribution in [3.63, 3.8) is 0 Å². The molecule has 2 rings (SSSR count). The van der Waals surface area contributed by atoms with E-state index in [1.54, 1.807) is 19.1 Å². The molecule has 2 aromatic rings. The van der Waals surface area contributed by atoms with Crippen LogP contribution in [0.4, 0.5) is 13.2 Å². The molecule has 0 amide bonds. The number of rotatable bonds is 4. The topological polar surface area (TPSA) is 26.0 Å². The number of hydrogen-bond acceptors (Lipinski definition) is 1. The fourth-order valence-corrected chi connectivity index (χ4v) is 2.24. The molecule has 0 bridgehead atoms. The van der Waals surface area contributed by atoms with Crippen molar-refractivity contribution in [3.8, 4) is 0 Å². The van der Waals surface area contributed by atoms with E-state index in [0.29, 0.717) is 6.42 Å². The van der Waals surface area contributed by atoms with Crippen LogP contribution >= 0.6 is 0 Å². The average Bonchev–Trinajstić information content (AvgIpc) is 2.37. The number of hydrogen-bond donors (Lipinski definition) is 1. The second-order valence-electron chi connectivity index (χ2n) is 5.33. The van der Waals surface area contributed by atoms with E-state index >= 15 is 0 Å². The average molecular weight is 279 g/mol. The van der Waals surface area contributed by atoms with Gasteiger partial charge in [-0.2, -0.15) is 0 Å². The fourth-order valence-electron chi connectivity index (χ4n) is 2.24. The van der Waals surface area contributed by atoms with Crippen LogP contribution in [0.25, 0.3) is 0 Å². The second kappa shape index (κ2) is 5.67. The molecule has 0 saturated carbocycles. The summed E-state index contributed by atoms with van der Waals surface area (Å²) < 4.78 is 40.1. The highest BCUT2D eigenvalue weighted by atomic mass is 19.1. The van der Waals surface area contributed by atoms with E-state index in [4.69, 9.17) is 5.73 Å². The summed E-state index contributed by atoms with van der Waals surface area (Å²) in [5, 5.41) is 0. The summed E-state index contributed by atoms with van der Waals surface area (Å²) in [5.74, 6) is -1.52. The van der Waals surface area contributed by atoms with Gasteiger partial charge in [-0.25, -0.2) is 13.2 Å². The molecule has 0 fully saturated rings. The maximum Gasteiger partial charge on any atom is 0.129 e. The predicted molar refractivity (Wildman–Crippen MR) is 72.8 cm³/mol. The SMILES string of the molecule is CC(N)(Cc1ccc(F)cc1)Cc1c(F)cccc1F. The Balaban J connectivity index is 2.16. The highest BCUT2D eigenvalue weighted by Crippen LogP contribution is 2.21. The van der Waals surface area contributed by atoms with Crippen molar-refractivity contribution in [1.29, 1.82) is 0 Å². The van der Waals surface area contributed by atoms with Crippen LogP contribution in [-0.4, -0.2) is 5.54 Å². The number of nitrogens with two attached hydrogens (primary N) is 1. The summed E-state index contributed by atoms with van der Waals surface area (Å²) in [6.07, 6.45) is 0.476. The minimum Gasteiger partial charge on any atom is -0.325 e. The van der Waals surface area contributed by atoms with Crippen LogP contribution in [-0.2, 0) is 12.8 Å². The molecule has 106 valence electrons. The van der Waals surface area contributed by atoms with Crippen molar-refractivity contribution in [2.45, 2.75) is 25.3 Å². The van der Waals surface area contributed by atoms with Gasteiger partial charge in [-0.1, -0.05) is 18.2 Å². The van der Waals surface area contributed by atoms with Crippen molar-refractivity contribution in [2.24, 2.45) is 5.73 Å². The molecule has 0 aromatic heterocycles. The van der Waals surface area contributed by atoms with E-state index in [0.717, 1.165) is 5.56 Å². The molecule has 2 N–H and O–H groups in total. The minimum atomic E-state index is -0.819. The third-order valence-electron chi connectivity index (χ3n) is 3.16. The van der Waals surface area contributed by atoms with Gasteiger partial charge in [0.2, 0.25) is 0 Å². The molecule has 0 aliphatic carbocycles. The molecular formula is C16H16F3N. The van der Waals surface area contributed by atoms with Gasteiger partial charge in [0.25, 0.3) is 0 Å². The maximum atomic E-state index is 13.6. The zero-order valence-corrected chi connectivity index (χ0v) is 11.2. The van der Waals surface area contributed by atoms with Crippen LogP contribution < -0.4 is 5.73 Å². The van der Waals surface area contributed by atoms with Crippen molar-refractivity contribution >= 4 is 0 Å². The Morgan fingerprint density at radius 2 is 1.45 bits per heavy atom. The molecule has 0 aliphatic heterocycles. The zero-order valence-electron chi connectivity index (χ0n) is 11.2. The second-order valence-corrected chi connectivity index (χ2v) is 5.33. The first-order chi connectivity index (χ1) is 9.37. The van der Waals surface area contributed by atoms with Gasteiger partial charge in [0.05, 0.1) is 0 Å². The molecule has 1 atom stereocenters. The van der Waals surface area contributed by atoms with Crippen LogP contribution in [0, 0.1) is 17.5 Å². The zero-order chi connectivity index (χ0) is 14.8. The van der Waals surface area contributed by atoms with Gasteiger partial charge in [0.1, 0.15) is 17.5 Å². The van der Waals surface area contributed by atoms with E-state index in [-0.39, 0.29) is 17.8 Å². The molecule has 0 spiro atoms. The summed E-state index contributed by atoms with van der Waals surface area (Å²) in [6, 6.07) is 9.68. The predicted octanol–water partition coefficient (Wildman–Crippen LogP) is 3.61. The third kappa shape index (κ3) is 3.61. The van der Waals surface area contributed by atoms with Gasteiger partial charge < -0.3 is 5.73 Å². The van der Waals surface area contributed by atoms with Gasteiger partial charge in [-0.05, 0) is 49.6 Å². The van der Waals surface area contributed by atoms with Crippen LogP contribution in [0.5, 0.6) is 0 Å². The third-order valence-corrected chi connectivity index (χ3v) is 3.16. The Morgan fingerprint density at radius 1 is 0.900 bits per heavy atom. The Kier molecular flexibility index (Phi) is 4.14. The highest BCUT2D eigenvalue weighted by Gasteiger charge is 2.23. The van der Waals surface area contributed by atoms with Gasteiger partial charge >= 0.3 is 0 Å². The summed E-state index contributed by atoms with van der Waals surface area (Å²) in [7, 11) is 0. The van der Waals surface area contributed by atoms with E-state index < -0.39 is 17.2 Å². The first kappa shape index (κ1) is 14.6. The Hall–Kier alpha value is -1.81. The smallest absolute Gasteiger partial charge is 0.129 e. The van der Waals surface area contributed by atoms with E-state index in [2.05, 4.69) is 0 Å². The molecular weight excluding hydrogens is 263 g/mol. The summed E-state index contributed by atoms with van der Waals surface area (Å²) in [6.45, 7) is 1.72. The monoisotopic (exact) mass is 279 g/mol. The molecule has 0 heterocycles. The molecule has 1 unspecified atom stereocenters. The van der Waals surface area contributed by atoms with E-state index in [9.17, 15) is 13.2 Å². The summed E-state index contributed by atoms with van der Waals surface area (Å²) in [5.41, 5.74) is 6.12. The molecule has 4 heteroatoms. The van der Waals surface area contributed by atoms with Gasteiger partial charge in [-0.15, -0.1) is 0 Å². The lowest BCUT2D eigenvalue weighted by atomic mass is 9.87. The standard InChI is InChI=1S/C16H16F3N/c1-16(20,9-11-5-7-12(17)8-6-11)10-13-14(18)3-2-4-15(13)19/h2-8H,9-10,20H2,1H3. The molecule has 20 heavy (non-hydrogen) atoms. The number of benzene rings is 2. The number of halogens is 3. The van der Waals surface area contributed by atoms with Gasteiger partial charge in [-0.3, -0.25) is 0 Å². The van der Waals surface area contributed by atoms with E-state index in [1.165, 1.54) is 30.3 Å². The molecule has 0 aliphatic rings. The van der Waals surface area contributed by atoms with Gasteiger partial charge in [0.15, 0.2) is 0 Å². The van der Waals surface area contributed by atoms with E-state index in [1.807, 2.05) is 0 Å². The van der Waals surface area contributed by atoms with Crippen molar-refractivity contribution in [2.75, 3.05) is 0 Å². The Bertz CT molecular complexity index is 571. The first-order valence-corrected chi connectivity index (χ1v) is 6.34. The largest absolute Gasteiger partial charge is 0.325 e. The lowest BCUT2D eigenvalue weighted by Crippen LogP contribution is -2.41. The van der Waals surface area contributed by atoms with Gasteiger partial charge in [0, 0.05) is 11.1 Å². The lowest BCUT2D eigenvalue weighted by molar-refractivity contribution is 0.436. The van der Waals surface area contributed by atoms with Crippen LogP contribution in [0.1, 0.15) is 18.1 Å². The minimum absolute atomic E-state index is 0.0142. The first-order valence-electron chi connectivity index (χ1n) is 6.34. The molecule has 2 aromatic carbocycles. The van der Waals surface area contributed by atoms with Crippen molar-refractivity contribution < 1.29 is 13.2 Å². The quantitative estimate of drug-likeness (QED) is 0.909. The molecule has 0 saturated heterocycles. The summed E-state index contributed by atoms with van der Waals surface area (Å²) >= 11 is 0. The fraction of sp³-hybridized carbons (Fsp3) is 0.250. The lowest BCUT2D eigenvalue weighted by Gasteiger charge is -2.25. The van der Waals surface area contributed by atoms with Crippen LogP contribution in [0.3, 0.4) is 0 Å². The highest BCUT2D eigenvalue weighted by molar-refractivity contribution is 5.24. The Morgan fingerprint density at radius 3 is 2.00 bits per heavy atom. The Labute approximate surface area is 116 Å². The molecule has 1 nitrogen and oxygen atoms in total. The van der Waals surface area contributed by atoms with Crippen LogP contribution in [0.2, 0.25) is 0 Å². The molecule has 0 radical (unpaired) electrons. The van der Waals surface area contributed by atoms with Crippen LogP contribution in [0.15, 0.2) is 42.5 Å². The normalized spacial score (nSPS) is 14.1.